The Morgan fingerprint density at radius 3 is 3.00 bits per heavy atom. The van der Waals surface area contributed by atoms with Crippen LogP contribution in [0.5, 0.6) is 0 Å². The summed E-state index contributed by atoms with van der Waals surface area (Å²) in [6, 6.07) is 8.51. The number of halogens is 1. The second-order valence-corrected chi connectivity index (χ2v) is 6.30. The van der Waals surface area contributed by atoms with Gasteiger partial charge < -0.3 is 10.5 Å². The molecule has 2 nitrogen and oxygen atoms in total. The van der Waals surface area contributed by atoms with Crippen LogP contribution in [0.15, 0.2) is 33.6 Å². The molecule has 1 aromatic carbocycles. The summed E-state index contributed by atoms with van der Waals surface area (Å²) in [6.07, 6.45) is 2.36. The van der Waals surface area contributed by atoms with Crippen molar-refractivity contribution in [2.75, 3.05) is 19.0 Å². The van der Waals surface area contributed by atoms with Gasteiger partial charge in [0.05, 0.1) is 6.61 Å². The number of hydrogen-bond acceptors (Lipinski definition) is 3. The van der Waals surface area contributed by atoms with Gasteiger partial charge in [0.1, 0.15) is 0 Å². The average Bonchev–Trinajstić information content (AvgIpc) is 2.38. The van der Waals surface area contributed by atoms with Gasteiger partial charge in [-0.15, -0.1) is 11.8 Å². The van der Waals surface area contributed by atoms with Crippen molar-refractivity contribution in [3.8, 4) is 0 Å². The third-order valence-electron chi connectivity index (χ3n) is 3.07. The van der Waals surface area contributed by atoms with Crippen molar-refractivity contribution in [2.24, 2.45) is 11.7 Å². The average molecular weight is 316 g/mol. The van der Waals surface area contributed by atoms with Gasteiger partial charge in [-0.05, 0) is 46.8 Å². The number of hydrogen-bond donors (Lipinski definition) is 1. The summed E-state index contributed by atoms with van der Waals surface area (Å²) >= 11 is 5.38. The second kappa shape index (κ2) is 6.78. The van der Waals surface area contributed by atoms with E-state index in [0.29, 0.717) is 5.92 Å². The Hall–Kier alpha value is -0.0300. The molecular weight excluding hydrogens is 298 g/mol. The highest BCUT2D eigenvalue weighted by molar-refractivity contribution is 9.10. The molecule has 0 radical (unpaired) electrons. The zero-order valence-electron chi connectivity index (χ0n) is 9.77. The lowest BCUT2D eigenvalue weighted by Gasteiger charge is -2.27. The largest absolute Gasteiger partial charge is 0.381 e. The van der Waals surface area contributed by atoms with Crippen molar-refractivity contribution in [1.82, 2.24) is 0 Å². The summed E-state index contributed by atoms with van der Waals surface area (Å²) < 4.78 is 6.63. The minimum atomic E-state index is 0.229. The Kier molecular flexibility index (Phi) is 5.35. The minimum absolute atomic E-state index is 0.229. The van der Waals surface area contributed by atoms with Gasteiger partial charge in [-0.2, -0.15) is 0 Å². The number of thioether (sulfide) groups is 1. The predicted molar refractivity (Wildman–Crippen MR) is 76.4 cm³/mol. The monoisotopic (exact) mass is 315 g/mol. The highest BCUT2D eigenvalue weighted by Gasteiger charge is 2.21. The van der Waals surface area contributed by atoms with Crippen molar-refractivity contribution in [2.45, 2.75) is 23.8 Å². The number of benzene rings is 1. The highest BCUT2D eigenvalue weighted by atomic mass is 79.9. The topological polar surface area (TPSA) is 35.2 Å². The molecular formula is C13H18BrNOS. The molecule has 2 atom stereocenters. The second-order valence-electron chi connectivity index (χ2n) is 4.38. The molecule has 4 heteroatoms. The van der Waals surface area contributed by atoms with E-state index in [4.69, 9.17) is 10.5 Å². The van der Waals surface area contributed by atoms with Gasteiger partial charge in [-0.1, -0.05) is 12.1 Å². The van der Waals surface area contributed by atoms with Crippen LogP contribution in [0, 0.1) is 5.92 Å². The van der Waals surface area contributed by atoms with E-state index in [0.717, 1.165) is 29.9 Å². The maximum absolute atomic E-state index is 6.23. The Morgan fingerprint density at radius 2 is 2.29 bits per heavy atom. The maximum atomic E-state index is 6.23. The molecule has 2 N–H and O–H groups in total. The number of rotatable bonds is 4. The molecule has 1 aliphatic rings. The van der Waals surface area contributed by atoms with Crippen LogP contribution in [0.2, 0.25) is 0 Å². The fourth-order valence-corrected chi connectivity index (χ4v) is 3.64. The maximum Gasteiger partial charge on any atom is 0.0509 e. The smallest absolute Gasteiger partial charge is 0.0509 e. The molecule has 94 valence electrons. The van der Waals surface area contributed by atoms with E-state index < -0.39 is 0 Å². The van der Waals surface area contributed by atoms with Crippen LogP contribution in [0.25, 0.3) is 0 Å². The molecule has 1 heterocycles. The summed E-state index contributed by atoms with van der Waals surface area (Å²) in [7, 11) is 0. The Morgan fingerprint density at radius 1 is 1.47 bits per heavy atom. The third-order valence-corrected chi connectivity index (χ3v) is 5.24. The van der Waals surface area contributed by atoms with Crippen molar-refractivity contribution >= 4 is 27.7 Å². The molecule has 2 rings (SSSR count). The Labute approximate surface area is 115 Å². The van der Waals surface area contributed by atoms with E-state index in [1.54, 1.807) is 0 Å². The fourth-order valence-electron chi connectivity index (χ4n) is 1.99. The van der Waals surface area contributed by atoms with Gasteiger partial charge in [-0.25, -0.2) is 0 Å². The van der Waals surface area contributed by atoms with Gasteiger partial charge in [0.2, 0.25) is 0 Å². The van der Waals surface area contributed by atoms with Crippen LogP contribution in [0.3, 0.4) is 0 Å². The zero-order chi connectivity index (χ0) is 12.1. The van der Waals surface area contributed by atoms with Crippen molar-refractivity contribution in [3.63, 3.8) is 0 Å². The Balaban J connectivity index is 1.83. The molecule has 0 amide bonds. The van der Waals surface area contributed by atoms with Crippen LogP contribution >= 0.6 is 27.7 Å². The van der Waals surface area contributed by atoms with Gasteiger partial charge >= 0.3 is 0 Å². The van der Waals surface area contributed by atoms with Crippen LogP contribution in [-0.2, 0) is 4.74 Å². The fraction of sp³-hybridized carbons (Fsp3) is 0.538. The standard InChI is InChI=1S/C13H18BrNOS/c14-11-5-1-2-6-13(11)17-9-12(15)10-4-3-7-16-8-10/h1-2,5-6,10,12H,3-4,7-9,15H2. The van der Waals surface area contributed by atoms with E-state index in [1.807, 2.05) is 17.8 Å². The lowest BCUT2D eigenvalue weighted by Crippen LogP contribution is -2.37. The zero-order valence-corrected chi connectivity index (χ0v) is 12.2. The van der Waals surface area contributed by atoms with Gasteiger partial charge in [0.15, 0.2) is 0 Å². The molecule has 17 heavy (non-hydrogen) atoms. The summed E-state index contributed by atoms with van der Waals surface area (Å²) in [5.74, 6) is 1.48. The molecule has 0 spiro atoms. The highest BCUT2D eigenvalue weighted by Crippen LogP contribution is 2.29. The normalized spacial score (nSPS) is 22.4. The van der Waals surface area contributed by atoms with E-state index in [1.165, 1.54) is 11.3 Å². The van der Waals surface area contributed by atoms with E-state index in [2.05, 4.69) is 34.1 Å². The molecule has 0 aromatic heterocycles. The van der Waals surface area contributed by atoms with Gasteiger partial charge in [0, 0.05) is 27.8 Å². The molecule has 1 aromatic rings. The Bertz CT molecular complexity index is 355. The van der Waals surface area contributed by atoms with Crippen LogP contribution in [0.1, 0.15) is 12.8 Å². The quantitative estimate of drug-likeness (QED) is 0.866. The lowest BCUT2D eigenvalue weighted by atomic mass is 9.96. The summed E-state index contributed by atoms with van der Waals surface area (Å²) in [4.78, 5) is 1.26. The molecule has 0 saturated carbocycles. The number of nitrogens with two attached hydrogens (primary N) is 1. The van der Waals surface area contributed by atoms with Crippen LogP contribution < -0.4 is 5.73 Å². The van der Waals surface area contributed by atoms with E-state index in [-0.39, 0.29) is 6.04 Å². The number of ether oxygens (including phenoxy) is 1. The van der Waals surface area contributed by atoms with Crippen LogP contribution in [-0.4, -0.2) is 25.0 Å². The van der Waals surface area contributed by atoms with Crippen molar-refractivity contribution < 1.29 is 4.74 Å². The molecule has 0 bridgehead atoms. The van der Waals surface area contributed by atoms with Crippen LogP contribution in [0.4, 0.5) is 0 Å². The summed E-state index contributed by atoms with van der Waals surface area (Å²) in [6.45, 7) is 1.73. The molecule has 0 aliphatic carbocycles. The molecule has 1 fully saturated rings. The minimum Gasteiger partial charge on any atom is -0.381 e. The SMILES string of the molecule is NC(CSc1ccccc1Br)C1CCCOC1. The van der Waals surface area contributed by atoms with Crippen molar-refractivity contribution in [3.05, 3.63) is 28.7 Å². The van der Waals surface area contributed by atoms with Gasteiger partial charge in [0.25, 0.3) is 0 Å². The van der Waals surface area contributed by atoms with E-state index >= 15 is 0 Å². The van der Waals surface area contributed by atoms with Crippen molar-refractivity contribution in [1.29, 1.82) is 0 Å². The first kappa shape index (κ1) is 13.4. The predicted octanol–water partition coefficient (Wildman–Crippen LogP) is 3.30. The molecule has 1 saturated heterocycles. The van der Waals surface area contributed by atoms with Gasteiger partial charge in [-0.3, -0.25) is 0 Å². The molecule has 1 aliphatic heterocycles. The first-order chi connectivity index (χ1) is 8.27. The molecule has 2 unspecified atom stereocenters. The first-order valence-corrected chi connectivity index (χ1v) is 7.76. The third kappa shape index (κ3) is 3.98. The lowest BCUT2D eigenvalue weighted by molar-refractivity contribution is 0.0478. The summed E-state index contributed by atoms with van der Waals surface area (Å²) in [5, 5.41) is 0. The summed E-state index contributed by atoms with van der Waals surface area (Å²) in [5.41, 5.74) is 6.23. The van der Waals surface area contributed by atoms with E-state index in [9.17, 15) is 0 Å². The first-order valence-electron chi connectivity index (χ1n) is 5.98.